The molecule has 0 saturated heterocycles. The lowest BCUT2D eigenvalue weighted by Gasteiger charge is -1.52. The molecule has 7 heavy (non-hydrogen) atoms. The van der Waals surface area contributed by atoms with Gasteiger partial charge in [0.2, 0.25) is 0 Å². The number of rotatable bonds is 0. The van der Waals surface area contributed by atoms with E-state index in [1.54, 1.807) is 32.0 Å². The van der Waals surface area contributed by atoms with E-state index in [-0.39, 0.29) is 0 Å². The van der Waals surface area contributed by atoms with Crippen LogP contribution >= 0.6 is 32.0 Å². The summed E-state index contributed by atoms with van der Waals surface area (Å²) in [7, 11) is 3.49. The van der Waals surface area contributed by atoms with Crippen molar-refractivity contribution in [3.63, 3.8) is 0 Å². The van der Waals surface area contributed by atoms with Crippen molar-refractivity contribution >= 4 is 32.0 Å². The summed E-state index contributed by atoms with van der Waals surface area (Å²) in [6, 6.07) is 0. The molecule has 0 aromatic carbocycles. The van der Waals surface area contributed by atoms with Crippen LogP contribution in [0.4, 0.5) is 0 Å². The van der Waals surface area contributed by atoms with Gasteiger partial charge in [-0.25, -0.2) is 0 Å². The van der Waals surface area contributed by atoms with Crippen molar-refractivity contribution in [2.45, 2.75) is 0 Å². The Morgan fingerprint density at radius 3 is 1.86 bits per heavy atom. The lowest BCUT2D eigenvalue weighted by Crippen LogP contribution is -1.19. The second-order valence-corrected chi connectivity index (χ2v) is 3.77. The minimum atomic E-state index is 1.71. The third-order valence-electron chi connectivity index (χ3n) is 0.435. The van der Waals surface area contributed by atoms with Crippen LogP contribution in [-0.4, -0.2) is 0 Å². The highest BCUT2D eigenvalue weighted by Gasteiger charge is 1.60. The van der Waals surface area contributed by atoms with Crippen LogP contribution < -0.4 is 0 Å². The first-order valence-corrected chi connectivity index (χ1v) is 5.00. The standard InChI is InChI=1S/C4H4S3/c1-3-6-7-4-2-5-1/h1-4H. The van der Waals surface area contributed by atoms with Crippen LogP contribution in [0.25, 0.3) is 0 Å². The number of hydrogen-bond acceptors (Lipinski definition) is 3. The summed E-state index contributed by atoms with van der Waals surface area (Å²) in [5.74, 6) is 0. The van der Waals surface area contributed by atoms with Gasteiger partial charge in [-0.1, -0.05) is 20.7 Å². The van der Waals surface area contributed by atoms with Crippen molar-refractivity contribution in [1.29, 1.82) is 0 Å². The van der Waals surface area contributed by atoms with E-state index >= 15 is 0 Å². The molecule has 0 amide bonds. The molecule has 1 aromatic rings. The van der Waals surface area contributed by atoms with Crippen molar-refractivity contribution in [1.82, 2.24) is 0 Å². The highest BCUT2D eigenvalue weighted by Crippen LogP contribution is 2.03. The highest BCUT2D eigenvalue weighted by molar-refractivity contribution is 7.67. The first kappa shape index (κ1) is 5.28. The van der Waals surface area contributed by atoms with Gasteiger partial charge in [-0.15, -0.1) is 0 Å². The number of hydrogen-bond donors (Lipinski definition) is 0. The molecule has 1 rings (SSSR count). The summed E-state index contributed by atoms with van der Waals surface area (Å²) in [6.45, 7) is 0. The average Bonchev–Trinajstić information content (AvgIpc) is 1.90. The zero-order valence-electron chi connectivity index (χ0n) is 3.53. The van der Waals surface area contributed by atoms with Gasteiger partial charge in [-0.2, -0.15) is 11.3 Å². The Morgan fingerprint density at radius 1 is 0.714 bits per heavy atom. The van der Waals surface area contributed by atoms with Gasteiger partial charge in [-0.05, 0) is 0 Å². The van der Waals surface area contributed by atoms with E-state index in [2.05, 4.69) is 21.5 Å². The topological polar surface area (TPSA) is 0 Å². The summed E-state index contributed by atoms with van der Waals surface area (Å²) in [5.41, 5.74) is 0. The molecule has 0 radical (unpaired) electrons. The van der Waals surface area contributed by atoms with Gasteiger partial charge in [0.25, 0.3) is 0 Å². The van der Waals surface area contributed by atoms with Crippen LogP contribution in [0.5, 0.6) is 0 Å². The molecule has 1 aromatic heterocycles. The molecule has 1 heterocycles. The Balaban J connectivity index is 3.06. The molecule has 0 atom stereocenters. The monoisotopic (exact) mass is 148 g/mol. The normalized spacial score (nSPS) is 8.00. The molecule has 0 saturated carbocycles. The van der Waals surface area contributed by atoms with Gasteiger partial charge in [0.1, 0.15) is 0 Å². The third-order valence-corrected chi connectivity index (χ3v) is 2.97. The minimum Gasteiger partial charge on any atom is -0.151 e. The van der Waals surface area contributed by atoms with Crippen LogP contribution in [0.15, 0.2) is 21.5 Å². The van der Waals surface area contributed by atoms with Crippen LogP contribution in [0.1, 0.15) is 0 Å². The van der Waals surface area contributed by atoms with E-state index in [0.29, 0.717) is 0 Å². The van der Waals surface area contributed by atoms with Gasteiger partial charge in [0.15, 0.2) is 0 Å². The van der Waals surface area contributed by atoms with Gasteiger partial charge in [0, 0.05) is 21.5 Å². The molecule has 0 N–H and O–H groups in total. The zero-order valence-corrected chi connectivity index (χ0v) is 5.98. The average molecular weight is 148 g/mol. The van der Waals surface area contributed by atoms with E-state index in [1.807, 2.05) is 0 Å². The van der Waals surface area contributed by atoms with Crippen molar-refractivity contribution in [3.8, 4) is 0 Å². The molecular formula is C4H4S3. The van der Waals surface area contributed by atoms with E-state index in [4.69, 9.17) is 0 Å². The van der Waals surface area contributed by atoms with Crippen molar-refractivity contribution in [3.05, 3.63) is 21.5 Å². The minimum absolute atomic E-state index is 1.71. The summed E-state index contributed by atoms with van der Waals surface area (Å²) in [6.07, 6.45) is 0. The molecule has 0 unspecified atom stereocenters. The Kier molecular flexibility index (Phi) is 2.40. The molecule has 0 aliphatic carbocycles. The maximum atomic E-state index is 2.08. The summed E-state index contributed by atoms with van der Waals surface area (Å²) in [4.78, 5) is 0. The fourth-order valence-electron chi connectivity index (χ4n) is 0.219. The molecule has 3 heteroatoms. The predicted octanol–water partition coefficient (Wildman–Crippen LogP) is 3.00. The van der Waals surface area contributed by atoms with E-state index in [9.17, 15) is 0 Å². The van der Waals surface area contributed by atoms with E-state index in [0.717, 1.165) is 0 Å². The quantitative estimate of drug-likeness (QED) is 0.496. The van der Waals surface area contributed by atoms with Crippen LogP contribution in [0.2, 0.25) is 0 Å². The molecule has 0 fully saturated rings. The first-order valence-electron chi connectivity index (χ1n) is 1.78. The maximum Gasteiger partial charge on any atom is 0.0113 e. The Morgan fingerprint density at radius 2 is 1.29 bits per heavy atom. The summed E-state index contributed by atoms with van der Waals surface area (Å²) in [5, 5.41) is 8.30. The molecule has 0 aliphatic heterocycles. The summed E-state index contributed by atoms with van der Waals surface area (Å²) < 4.78 is 0. The highest BCUT2D eigenvalue weighted by atomic mass is 32.9. The third kappa shape index (κ3) is 2.06. The molecule has 0 nitrogen and oxygen atoms in total. The van der Waals surface area contributed by atoms with E-state index < -0.39 is 0 Å². The van der Waals surface area contributed by atoms with Gasteiger partial charge < -0.3 is 0 Å². The second-order valence-electron chi connectivity index (χ2n) is 0.873. The van der Waals surface area contributed by atoms with Crippen LogP contribution in [0, 0.1) is 0 Å². The maximum absolute atomic E-state index is 2.08. The van der Waals surface area contributed by atoms with Gasteiger partial charge in [-0.3, -0.25) is 0 Å². The molecule has 0 aliphatic rings. The summed E-state index contributed by atoms with van der Waals surface area (Å²) >= 11 is 1.71. The zero-order chi connectivity index (χ0) is 4.95. The first-order chi connectivity index (χ1) is 3.50. The van der Waals surface area contributed by atoms with Crippen LogP contribution in [-0.2, 0) is 0 Å². The SMILES string of the molecule is c1cssccs1. The lowest BCUT2D eigenvalue weighted by atomic mass is 11.1. The Hall–Kier alpha value is 0.140. The van der Waals surface area contributed by atoms with Gasteiger partial charge >= 0.3 is 0 Å². The van der Waals surface area contributed by atoms with Gasteiger partial charge in [0.05, 0.1) is 0 Å². The van der Waals surface area contributed by atoms with Crippen molar-refractivity contribution < 1.29 is 0 Å². The Bertz CT molecular complexity index is 94.9. The molecule has 0 bridgehead atoms. The fourth-order valence-corrected chi connectivity index (χ4v) is 2.52. The smallest absolute Gasteiger partial charge is 0.0113 e. The lowest BCUT2D eigenvalue weighted by molar-refractivity contribution is 2.31. The Labute approximate surface area is 53.8 Å². The largest absolute Gasteiger partial charge is 0.151 e. The fraction of sp³-hybridized carbons (Fsp3) is 0. The van der Waals surface area contributed by atoms with Crippen molar-refractivity contribution in [2.24, 2.45) is 0 Å². The molecule has 38 valence electrons. The van der Waals surface area contributed by atoms with Crippen molar-refractivity contribution in [2.75, 3.05) is 0 Å². The predicted molar refractivity (Wildman–Crippen MR) is 37.7 cm³/mol. The molecular weight excluding hydrogens is 144 g/mol. The second kappa shape index (κ2) is 3.18. The van der Waals surface area contributed by atoms with E-state index in [1.165, 1.54) is 0 Å². The molecule has 0 spiro atoms. The van der Waals surface area contributed by atoms with Crippen LogP contribution in [0.3, 0.4) is 0 Å².